The maximum atomic E-state index is 12.7. The van der Waals surface area contributed by atoms with Crippen LogP contribution in [0.15, 0.2) is 24.3 Å². The molecular formula is C23H26O7. The average molecular weight is 414 g/mol. The van der Waals surface area contributed by atoms with Gasteiger partial charge in [0.2, 0.25) is 5.75 Å². The quantitative estimate of drug-likeness (QED) is 0.672. The Hall–Kier alpha value is -3.09. The van der Waals surface area contributed by atoms with Gasteiger partial charge in [-0.2, -0.15) is 0 Å². The standard InChI is InChI=1S/C23H26O7/c1-25-16-7-12-6-14-11-30-23(24)21(14)20(15(12)10-17(16)26-2)13-8-18(27-3)22(29-5)19(9-13)28-4/h7-10,14,20-21H,6,11H2,1-5H3/t14-,20+,21+/m1/s1. The zero-order valence-electron chi connectivity index (χ0n) is 17.8. The van der Waals surface area contributed by atoms with Crippen molar-refractivity contribution in [3.8, 4) is 28.7 Å². The Kier molecular flexibility index (Phi) is 5.37. The van der Waals surface area contributed by atoms with Gasteiger partial charge in [-0.25, -0.2) is 0 Å². The minimum Gasteiger partial charge on any atom is -0.493 e. The van der Waals surface area contributed by atoms with E-state index in [4.69, 9.17) is 28.4 Å². The van der Waals surface area contributed by atoms with Crippen molar-refractivity contribution in [1.29, 1.82) is 0 Å². The SMILES string of the molecule is COc1cc2c(cc1OC)[C@H](c1cc(OC)c(OC)c(OC)c1)[C@H]1C(=O)OC[C@H]1C2. The van der Waals surface area contributed by atoms with Crippen LogP contribution in [0.3, 0.4) is 0 Å². The van der Waals surface area contributed by atoms with E-state index in [1.807, 2.05) is 24.3 Å². The minimum atomic E-state index is -0.293. The summed E-state index contributed by atoms with van der Waals surface area (Å²) < 4.78 is 33.1. The van der Waals surface area contributed by atoms with Gasteiger partial charge in [-0.1, -0.05) is 0 Å². The van der Waals surface area contributed by atoms with Crippen molar-refractivity contribution in [1.82, 2.24) is 0 Å². The summed E-state index contributed by atoms with van der Waals surface area (Å²) in [5.41, 5.74) is 3.03. The van der Waals surface area contributed by atoms with Crippen LogP contribution in [0.25, 0.3) is 0 Å². The molecule has 4 rings (SSSR count). The van der Waals surface area contributed by atoms with Crippen LogP contribution >= 0.6 is 0 Å². The van der Waals surface area contributed by atoms with E-state index in [9.17, 15) is 4.79 Å². The van der Waals surface area contributed by atoms with Crippen LogP contribution in [0.5, 0.6) is 28.7 Å². The fourth-order valence-electron chi connectivity index (χ4n) is 4.72. The Morgan fingerprint density at radius 1 is 0.800 bits per heavy atom. The fourth-order valence-corrected chi connectivity index (χ4v) is 4.72. The molecule has 2 aliphatic rings. The molecule has 2 aromatic carbocycles. The molecule has 3 atom stereocenters. The minimum absolute atomic E-state index is 0.0900. The van der Waals surface area contributed by atoms with E-state index in [0.717, 1.165) is 23.1 Å². The Morgan fingerprint density at radius 3 is 1.97 bits per heavy atom. The molecule has 0 saturated carbocycles. The molecule has 1 aliphatic carbocycles. The van der Waals surface area contributed by atoms with Crippen LogP contribution in [0.4, 0.5) is 0 Å². The van der Waals surface area contributed by atoms with Crippen molar-refractivity contribution in [2.24, 2.45) is 11.8 Å². The molecule has 0 aromatic heterocycles. The van der Waals surface area contributed by atoms with E-state index in [1.54, 1.807) is 35.5 Å². The van der Waals surface area contributed by atoms with Gasteiger partial charge in [0.1, 0.15) is 0 Å². The number of cyclic esters (lactones) is 1. The summed E-state index contributed by atoms with van der Waals surface area (Å²) in [4.78, 5) is 12.7. The highest BCUT2D eigenvalue weighted by Gasteiger charge is 2.48. The Balaban J connectivity index is 1.94. The zero-order chi connectivity index (χ0) is 21.4. The third kappa shape index (κ3) is 3.09. The van der Waals surface area contributed by atoms with Gasteiger partial charge in [0.25, 0.3) is 0 Å². The lowest BCUT2D eigenvalue weighted by molar-refractivity contribution is -0.141. The van der Waals surface area contributed by atoms with Gasteiger partial charge in [-0.05, 0) is 47.4 Å². The fraction of sp³-hybridized carbons (Fsp3) is 0.435. The Bertz CT molecular complexity index is 943. The topological polar surface area (TPSA) is 72.5 Å². The molecule has 1 saturated heterocycles. The molecule has 160 valence electrons. The first-order chi connectivity index (χ1) is 14.6. The number of ether oxygens (including phenoxy) is 6. The maximum absolute atomic E-state index is 12.7. The average Bonchev–Trinajstić information content (AvgIpc) is 3.15. The number of carbonyl (C=O) groups excluding carboxylic acids is 1. The summed E-state index contributed by atoms with van der Waals surface area (Å²) >= 11 is 0. The number of fused-ring (bicyclic) bond motifs is 2. The second-order valence-electron chi connectivity index (χ2n) is 7.46. The van der Waals surface area contributed by atoms with E-state index in [1.165, 1.54) is 0 Å². The molecule has 30 heavy (non-hydrogen) atoms. The maximum Gasteiger partial charge on any atom is 0.310 e. The molecule has 0 radical (unpaired) electrons. The van der Waals surface area contributed by atoms with Crippen LogP contribution < -0.4 is 23.7 Å². The number of methoxy groups -OCH3 is 5. The van der Waals surface area contributed by atoms with Crippen molar-refractivity contribution in [3.63, 3.8) is 0 Å². The number of carbonyl (C=O) groups is 1. The van der Waals surface area contributed by atoms with E-state index in [0.29, 0.717) is 35.4 Å². The van der Waals surface area contributed by atoms with Gasteiger partial charge in [0.15, 0.2) is 23.0 Å². The number of benzene rings is 2. The van der Waals surface area contributed by atoms with Gasteiger partial charge in [-0.15, -0.1) is 0 Å². The first-order valence-corrected chi connectivity index (χ1v) is 9.77. The van der Waals surface area contributed by atoms with Gasteiger partial charge >= 0.3 is 5.97 Å². The van der Waals surface area contributed by atoms with Crippen molar-refractivity contribution < 1.29 is 33.2 Å². The van der Waals surface area contributed by atoms with E-state index in [2.05, 4.69) is 0 Å². The Labute approximate surface area is 175 Å². The molecule has 1 heterocycles. The molecular weight excluding hydrogens is 388 g/mol. The predicted octanol–water partition coefficient (Wildman–Crippen LogP) is 3.21. The molecule has 0 spiro atoms. The predicted molar refractivity (Wildman–Crippen MR) is 109 cm³/mol. The molecule has 0 unspecified atom stereocenters. The zero-order valence-corrected chi connectivity index (χ0v) is 17.8. The van der Waals surface area contributed by atoms with Crippen LogP contribution in [0, 0.1) is 11.8 Å². The highest BCUT2D eigenvalue weighted by molar-refractivity contribution is 5.78. The van der Waals surface area contributed by atoms with E-state index < -0.39 is 0 Å². The third-order valence-electron chi connectivity index (χ3n) is 6.09. The molecule has 7 nitrogen and oxygen atoms in total. The molecule has 7 heteroatoms. The molecule has 2 aromatic rings. The van der Waals surface area contributed by atoms with Crippen molar-refractivity contribution in [2.45, 2.75) is 12.3 Å². The lowest BCUT2D eigenvalue weighted by Gasteiger charge is -2.34. The van der Waals surface area contributed by atoms with Crippen LogP contribution in [-0.4, -0.2) is 48.1 Å². The number of esters is 1. The largest absolute Gasteiger partial charge is 0.493 e. The third-order valence-corrected chi connectivity index (χ3v) is 6.09. The van der Waals surface area contributed by atoms with Gasteiger partial charge < -0.3 is 28.4 Å². The van der Waals surface area contributed by atoms with E-state index in [-0.39, 0.29) is 23.7 Å². The van der Waals surface area contributed by atoms with Crippen molar-refractivity contribution in [3.05, 3.63) is 41.0 Å². The van der Waals surface area contributed by atoms with Crippen LogP contribution in [0.1, 0.15) is 22.6 Å². The van der Waals surface area contributed by atoms with Crippen LogP contribution in [0.2, 0.25) is 0 Å². The summed E-state index contributed by atoms with van der Waals surface area (Å²) in [6, 6.07) is 7.77. The number of hydrogen-bond donors (Lipinski definition) is 0. The van der Waals surface area contributed by atoms with Crippen molar-refractivity contribution in [2.75, 3.05) is 42.2 Å². The second-order valence-corrected chi connectivity index (χ2v) is 7.46. The summed E-state index contributed by atoms with van der Waals surface area (Å²) in [6.07, 6.45) is 0.743. The first kappa shape index (κ1) is 20.2. The summed E-state index contributed by atoms with van der Waals surface area (Å²) in [5, 5.41) is 0. The van der Waals surface area contributed by atoms with Gasteiger partial charge in [-0.3, -0.25) is 4.79 Å². The lowest BCUT2D eigenvalue weighted by atomic mass is 9.67. The number of rotatable bonds is 6. The summed E-state index contributed by atoms with van der Waals surface area (Å²) in [7, 11) is 7.95. The smallest absolute Gasteiger partial charge is 0.310 e. The molecule has 0 N–H and O–H groups in total. The highest BCUT2D eigenvalue weighted by Crippen LogP contribution is 2.51. The highest BCUT2D eigenvalue weighted by atomic mass is 16.5. The monoisotopic (exact) mass is 414 g/mol. The Morgan fingerprint density at radius 2 is 1.40 bits per heavy atom. The second kappa shape index (κ2) is 7.97. The van der Waals surface area contributed by atoms with E-state index >= 15 is 0 Å². The molecule has 0 amide bonds. The molecule has 1 aliphatic heterocycles. The van der Waals surface area contributed by atoms with Crippen molar-refractivity contribution >= 4 is 5.97 Å². The summed E-state index contributed by atoms with van der Waals surface area (Å²) in [5.74, 6) is 2.27. The number of hydrogen-bond acceptors (Lipinski definition) is 7. The first-order valence-electron chi connectivity index (χ1n) is 9.77. The van der Waals surface area contributed by atoms with Gasteiger partial charge in [0, 0.05) is 11.8 Å². The van der Waals surface area contributed by atoms with Crippen LogP contribution in [-0.2, 0) is 16.0 Å². The van der Waals surface area contributed by atoms with Gasteiger partial charge in [0.05, 0.1) is 48.1 Å². The molecule has 1 fully saturated rings. The molecule has 0 bridgehead atoms. The summed E-state index contributed by atoms with van der Waals surface area (Å²) in [6.45, 7) is 0.415. The normalized spacial score (nSPS) is 21.9. The lowest BCUT2D eigenvalue weighted by Crippen LogP contribution is -2.31.